The third-order valence-corrected chi connectivity index (χ3v) is 5.78. The Balaban J connectivity index is 1.85. The maximum atomic E-state index is 12.9. The quantitative estimate of drug-likeness (QED) is 0.650. The predicted molar refractivity (Wildman–Crippen MR) is 100 cm³/mol. The van der Waals surface area contributed by atoms with Crippen LogP contribution in [0.25, 0.3) is 0 Å². The number of hydrogen-bond donors (Lipinski definition) is 1. The zero-order valence-corrected chi connectivity index (χ0v) is 15.9. The molecule has 28 heavy (non-hydrogen) atoms. The van der Waals surface area contributed by atoms with E-state index in [1.807, 2.05) is 4.90 Å². The van der Waals surface area contributed by atoms with Gasteiger partial charge in [0.05, 0.1) is 22.1 Å². The van der Waals surface area contributed by atoms with E-state index in [1.54, 1.807) is 36.4 Å². The fraction of sp³-hybridized carbons (Fsp3) is 0.316. The molecule has 1 fully saturated rings. The number of benzene rings is 2. The molecule has 1 N–H and O–H groups in total. The first-order chi connectivity index (χ1) is 13.3. The number of amides is 1. The Morgan fingerprint density at radius 1 is 1.14 bits per heavy atom. The highest BCUT2D eigenvalue weighted by molar-refractivity contribution is 6.44. The molecule has 0 aromatic heterocycles. The van der Waals surface area contributed by atoms with Crippen LogP contribution in [0.5, 0.6) is 11.5 Å². The number of rotatable bonds is 1. The number of hydrogen-bond acceptors (Lipinski definition) is 3. The number of nitrogens with zero attached hydrogens (tertiary/aromatic N) is 1. The fourth-order valence-electron chi connectivity index (χ4n) is 3.84. The van der Waals surface area contributed by atoms with E-state index in [9.17, 15) is 18.0 Å². The van der Waals surface area contributed by atoms with Gasteiger partial charge < -0.3 is 15.0 Å². The molecule has 2 heterocycles. The molecule has 4 rings (SSSR count). The van der Waals surface area contributed by atoms with Gasteiger partial charge in [0.15, 0.2) is 5.75 Å². The summed E-state index contributed by atoms with van der Waals surface area (Å²) in [5, 5.41) is 2.73. The maximum absolute atomic E-state index is 12.9. The van der Waals surface area contributed by atoms with Crippen molar-refractivity contribution >= 4 is 34.8 Å². The van der Waals surface area contributed by atoms with Crippen molar-refractivity contribution in [3.63, 3.8) is 0 Å². The first-order valence-electron chi connectivity index (χ1n) is 8.66. The molecule has 2 aromatic carbocycles. The van der Waals surface area contributed by atoms with Gasteiger partial charge in [-0.15, -0.1) is 0 Å². The van der Waals surface area contributed by atoms with Crippen molar-refractivity contribution in [2.75, 3.05) is 11.4 Å². The highest BCUT2D eigenvalue weighted by Gasteiger charge is 2.44. The summed E-state index contributed by atoms with van der Waals surface area (Å²) in [7, 11) is 0. The molecule has 0 unspecified atom stereocenters. The predicted octanol–water partition coefficient (Wildman–Crippen LogP) is 5.49. The van der Waals surface area contributed by atoms with E-state index in [4.69, 9.17) is 27.9 Å². The number of para-hydroxylation sites is 1. The third-order valence-electron chi connectivity index (χ3n) is 4.98. The van der Waals surface area contributed by atoms with Crippen molar-refractivity contribution in [1.29, 1.82) is 0 Å². The van der Waals surface area contributed by atoms with Gasteiger partial charge in [0.25, 0.3) is 0 Å². The SMILES string of the molecule is O=C(N[C@H]1CCCN2c3c(ccc(Cl)c3Cl)Oc3ccccc3[C@H]12)C(F)(F)F. The van der Waals surface area contributed by atoms with E-state index in [0.717, 1.165) is 0 Å². The molecule has 0 spiro atoms. The lowest BCUT2D eigenvalue weighted by Crippen LogP contribution is -2.52. The standard InChI is InChI=1S/C19H15Cl2F3N2O2/c20-11-7-8-14-17(15(11)21)26-9-3-5-12(25-18(27)19(22,23)24)16(26)10-4-1-2-6-13(10)28-14/h1-2,4,6-8,12,16H,3,5,9H2,(H,25,27)/t12-,16+/m0/s1. The molecular formula is C19H15Cl2F3N2O2. The molecule has 2 aromatic rings. The molecule has 9 heteroatoms. The van der Waals surface area contributed by atoms with E-state index in [-0.39, 0.29) is 5.02 Å². The number of ether oxygens (including phenoxy) is 1. The van der Waals surface area contributed by atoms with Crippen molar-refractivity contribution in [3.8, 4) is 11.5 Å². The second kappa shape index (κ2) is 7.04. The molecule has 2 atom stereocenters. The Hall–Kier alpha value is -2.12. The van der Waals surface area contributed by atoms with Crippen LogP contribution in [0, 0.1) is 0 Å². The van der Waals surface area contributed by atoms with Crippen molar-refractivity contribution in [2.24, 2.45) is 0 Å². The zero-order chi connectivity index (χ0) is 20.1. The summed E-state index contributed by atoms with van der Waals surface area (Å²) in [6.45, 7) is 0.536. The molecule has 0 bridgehead atoms. The molecule has 1 amide bonds. The smallest absolute Gasteiger partial charge is 0.455 e. The average Bonchev–Trinajstić information content (AvgIpc) is 2.79. The van der Waals surface area contributed by atoms with Gasteiger partial charge in [0, 0.05) is 12.1 Å². The van der Waals surface area contributed by atoms with Gasteiger partial charge in [0.2, 0.25) is 0 Å². The number of piperidine rings is 1. The second-order valence-electron chi connectivity index (χ2n) is 6.71. The first-order valence-corrected chi connectivity index (χ1v) is 9.42. The highest BCUT2D eigenvalue weighted by atomic mass is 35.5. The number of alkyl halides is 3. The number of carbonyl (C=O) groups excluding carboxylic acids is 1. The largest absolute Gasteiger partial charge is 0.471 e. The molecule has 0 saturated carbocycles. The summed E-state index contributed by atoms with van der Waals surface area (Å²) in [5.41, 5.74) is 1.19. The first kappa shape index (κ1) is 19.2. The Kier molecular flexibility index (Phi) is 4.83. The van der Waals surface area contributed by atoms with Gasteiger partial charge in [-0.3, -0.25) is 4.79 Å². The Morgan fingerprint density at radius 3 is 2.64 bits per heavy atom. The van der Waals surface area contributed by atoms with Crippen LogP contribution in [0.15, 0.2) is 36.4 Å². The molecule has 148 valence electrons. The summed E-state index contributed by atoms with van der Waals surface area (Å²) in [6.07, 6.45) is -3.99. The maximum Gasteiger partial charge on any atom is 0.471 e. The van der Waals surface area contributed by atoms with Gasteiger partial charge in [-0.2, -0.15) is 13.2 Å². The molecule has 4 nitrogen and oxygen atoms in total. The molecule has 0 aliphatic carbocycles. The van der Waals surface area contributed by atoms with Crippen LogP contribution in [0.3, 0.4) is 0 Å². The Bertz CT molecular complexity index is 936. The molecule has 1 saturated heterocycles. The topological polar surface area (TPSA) is 41.6 Å². The van der Waals surface area contributed by atoms with Crippen LogP contribution in [0.1, 0.15) is 24.4 Å². The zero-order valence-electron chi connectivity index (χ0n) is 14.4. The van der Waals surface area contributed by atoms with Crippen molar-refractivity contribution in [2.45, 2.75) is 31.1 Å². The lowest BCUT2D eigenvalue weighted by Gasteiger charge is -2.42. The number of nitrogens with one attached hydrogen (secondary N) is 1. The molecule has 2 aliphatic heterocycles. The van der Waals surface area contributed by atoms with Crippen LogP contribution in [-0.4, -0.2) is 24.7 Å². The van der Waals surface area contributed by atoms with Crippen LogP contribution < -0.4 is 15.0 Å². The van der Waals surface area contributed by atoms with Gasteiger partial charge in [-0.1, -0.05) is 41.4 Å². The van der Waals surface area contributed by atoms with Crippen LogP contribution >= 0.6 is 23.2 Å². The summed E-state index contributed by atoms with van der Waals surface area (Å²) >= 11 is 12.6. The Morgan fingerprint density at radius 2 is 1.89 bits per heavy atom. The van der Waals surface area contributed by atoms with Gasteiger partial charge in [0.1, 0.15) is 11.4 Å². The number of anilines is 1. The van der Waals surface area contributed by atoms with Crippen LogP contribution in [-0.2, 0) is 4.79 Å². The van der Waals surface area contributed by atoms with Crippen molar-refractivity contribution in [3.05, 3.63) is 52.0 Å². The van der Waals surface area contributed by atoms with Crippen molar-refractivity contribution in [1.82, 2.24) is 5.32 Å². The summed E-state index contributed by atoms with van der Waals surface area (Å²) in [5.74, 6) is -0.991. The summed E-state index contributed by atoms with van der Waals surface area (Å²) in [6, 6.07) is 9.02. The summed E-state index contributed by atoms with van der Waals surface area (Å²) in [4.78, 5) is 13.5. The minimum absolute atomic E-state index is 0.264. The van der Waals surface area contributed by atoms with Gasteiger partial charge in [-0.05, 0) is 31.0 Å². The fourth-order valence-corrected chi connectivity index (χ4v) is 4.26. The normalized spacial score (nSPS) is 21.0. The average molecular weight is 431 g/mol. The lowest BCUT2D eigenvalue weighted by atomic mass is 9.89. The Labute approximate surface area is 169 Å². The molecular weight excluding hydrogens is 416 g/mol. The van der Waals surface area contributed by atoms with E-state index in [2.05, 4.69) is 5.32 Å². The minimum Gasteiger partial charge on any atom is -0.455 e. The minimum atomic E-state index is -4.96. The van der Waals surface area contributed by atoms with Crippen LogP contribution in [0.2, 0.25) is 10.0 Å². The van der Waals surface area contributed by atoms with E-state index >= 15 is 0 Å². The van der Waals surface area contributed by atoms with Gasteiger partial charge >= 0.3 is 12.1 Å². The van der Waals surface area contributed by atoms with E-state index < -0.39 is 24.2 Å². The molecule has 0 radical (unpaired) electrons. The number of fused-ring (bicyclic) bond motifs is 5. The van der Waals surface area contributed by atoms with Gasteiger partial charge in [-0.25, -0.2) is 0 Å². The van der Waals surface area contributed by atoms with E-state index in [1.165, 1.54) is 0 Å². The number of halogens is 5. The monoisotopic (exact) mass is 430 g/mol. The van der Waals surface area contributed by atoms with E-state index in [0.29, 0.717) is 47.2 Å². The second-order valence-corrected chi connectivity index (χ2v) is 7.49. The van der Waals surface area contributed by atoms with Crippen LogP contribution in [0.4, 0.5) is 18.9 Å². The lowest BCUT2D eigenvalue weighted by molar-refractivity contribution is -0.174. The summed E-state index contributed by atoms with van der Waals surface area (Å²) < 4.78 is 44.6. The number of carbonyl (C=O) groups is 1. The third kappa shape index (κ3) is 3.26. The molecule has 2 aliphatic rings. The highest BCUT2D eigenvalue weighted by Crippen LogP contribution is 2.51. The van der Waals surface area contributed by atoms with Crippen molar-refractivity contribution < 1.29 is 22.7 Å².